The van der Waals surface area contributed by atoms with Crippen molar-refractivity contribution < 1.29 is 14.4 Å². The van der Waals surface area contributed by atoms with Gasteiger partial charge < -0.3 is 4.84 Å². The van der Waals surface area contributed by atoms with E-state index in [1.807, 2.05) is 42.5 Å². The summed E-state index contributed by atoms with van der Waals surface area (Å²) in [6.07, 6.45) is 0.938. The molecular weight excluding hydrogens is 306 g/mol. The number of carbonyl (C=O) groups excluding carboxylic acids is 2. The van der Waals surface area contributed by atoms with Gasteiger partial charge in [-0.3, -0.25) is 4.79 Å². The van der Waals surface area contributed by atoms with E-state index in [0.29, 0.717) is 5.56 Å². The summed E-state index contributed by atoms with van der Waals surface area (Å²) in [6, 6.07) is 17.0. The average molecular weight is 317 g/mol. The zero-order valence-corrected chi connectivity index (χ0v) is 12.5. The molecule has 0 atom stereocenters. The lowest BCUT2D eigenvalue weighted by molar-refractivity contribution is 0.106. The second-order valence-corrected chi connectivity index (χ2v) is 5.41. The molecule has 0 unspecified atom stereocenters. The summed E-state index contributed by atoms with van der Waals surface area (Å²) < 4.78 is 0. The number of carbonyl (C=O) groups is 2. The Kier molecular flexibility index (Phi) is 5.59. The maximum atomic E-state index is 11.7. The molecular formula is C15H11NO3S2. The Balaban J connectivity index is 2.00. The van der Waals surface area contributed by atoms with E-state index in [2.05, 4.69) is 22.6 Å². The molecule has 0 amide bonds. The molecule has 2 aromatic rings. The molecule has 0 N–H and O–H groups in total. The molecule has 0 bridgehead atoms. The molecule has 0 aromatic heterocycles. The number of hydrogen-bond acceptors (Lipinski definition) is 5. The first-order valence-corrected chi connectivity index (χ1v) is 7.22. The minimum Gasteiger partial charge on any atom is -0.307 e. The van der Waals surface area contributed by atoms with Crippen LogP contribution in [0.15, 0.2) is 69.5 Å². The van der Waals surface area contributed by atoms with E-state index >= 15 is 0 Å². The fourth-order valence-electron chi connectivity index (χ4n) is 1.51. The van der Waals surface area contributed by atoms with Crippen LogP contribution in [0.25, 0.3) is 0 Å². The van der Waals surface area contributed by atoms with Crippen LogP contribution in [0.4, 0.5) is 4.79 Å². The fraction of sp³-hybridized carbons (Fsp3) is 0. The Labute approximate surface area is 131 Å². The smallest absolute Gasteiger partial charge is 0.307 e. The van der Waals surface area contributed by atoms with Gasteiger partial charge in [0.2, 0.25) is 5.78 Å². The second-order valence-electron chi connectivity index (χ2n) is 3.90. The summed E-state index contributed by atoms with van der Waals surface area (Å²) in [5, 5.41) is 2.36. The zero-order valence-electron chi connectivity index (χ0n) is 10.8. The second kappa shape index (κ2) is 7.66. The van der Waals surface area contributed by atoms with Gasteiger partial charge in [-0.1, -0.05) is 47.7 Å². The van der Waals surface area contributed by atoms with E-state index in [4.69, 9.17) is 0 Å². The molecule has 0 saturated carbocycles. The quantitative estimate of drug-likeness (QED) is 0.297. The SMILES string of the molecule is O=C(S)O/N=C/C(=O)c1ccc(Sc2ccccc2)cc1. The monoisotopic (exact) mass is 317 g/mol. The number of rotatable bonds is 5. The van der Waals surface area contributed by atoms with Gasteiger partial charge in [-0.2, -0.15) is 0 Å². The Bertz CT molecular complexity index is 654. The van der Waals surface area contributed by atoms with E-state index in [-0.39, 0.29) is 5.78 Å². The summed E-state index contributed by atoms with van der Waals surface area (Å²) in [7, 11) is 0. The van der Waals surface area contributed by atoms with E-state index in [1.54, 1.807) is 23.9 Å². The van der Waals surface area contributed by atoms with Crippen molar-refractivity contribution in [3.63, 3.8) is 0 Å². The molecule has 6 heteroatoms. The molecule has 106 valence electrons. The lowest BCUT2D eigenvalue weighted by Crippen LogP contribution is -2.01. The van der Waals surface area contributed by atoms with Crippen molar-refractivity contribution in [3.8, 4) is 0 Å². The molecule has 21 heavy (non-hydrogen) atoms. The van der Waals surface area contributed by atoms with Crippen LogP contribution in [-0.4, -0.2) is 17.3 Å². The molecule has 0 fully saturated rings. The van der Waals surface area contributed by atoms with Crippen LogP contribution < -0.4 is 0 Å². The van der Waals surface area contributed by atoms with Gasteiger partial charge in [0.05, 0.1) is 0 Å². The molecule has 4 nitrogen and oxygen atoms in total. The minimum atomic E-state index is -0.867. The van der Waals surface area contributed by atoms with Crippen LogP contribution in [0.3, 0.4) is 0 Å². The third-order valence-electron chi connectivity index (χ3n) is 2.42. The fourth-order valence-corrected chi connectivity index (χ4v) is 2.39. The van der Waals surface area contributed by atoms with Gasteiger partial charge in [0, 0.05) is 15.4 Å². The van der Waals surface area contributed by atoms with Gasteiger partial charge in [-0.25, -0.2) is 4.79 Å². The van der Waals surface area contributed by atoms with Gasteiger partial charge >= 0.3 is 5.30 Å². The summed E-state index contributed by atoms with van der Waals surface area (Å²) >= 11 is 4.97. The first-order valence-electron chi connectivity index (χ1n) is 5.96. The number of benzene rings is 2. The topological polar surface area (TPSA) is 55.7 Å². The van der Waals surface area contributed by atoms with Crippen LogP contribution in [0, 0.1) is 0 Å². The maximum Gasteiger partial charge on any atom is 0.390 e. The molecule has 0 aliphatic heterocycles. The summed E-state index contributed by atoms with van der Waals surface area (Å²) in [6.45, 7) is 0. The molecule has 2 aromatic carbocycles. The molecule has 0 saturated heterocycles. The molecule has 0 radical (unpaired) electrons. The van der Waals surface area contributed by atoms with Crippen molar-refractivity contribution >= 4 is 41.7 Å². The van der Waals surface area contributed by atoms with Crippen molar-refractivity contribution in [1.82, 2.24) is 0 Å². The highest BCUT2D eigenvalue weighted by Crippen LogP contribution is 2.27. The minimum absolute atomic E-state index is 0.346. The zero-order chi connectivity index (χ0) is 15.1. The highest BCUT2D eigenvalue weighted by molar-refractivity contribution is 7.99. The number of hydrogen-bond donors (Lipinski definition) is 1. The lowest BCUT2D eigenvalue weighted by atomic mass is 10.1. The van der Waals surface area contributed by atoms with Crippen LogP contribution in [0.1, 0.15) is 10.4 Å². The van der Waals surface area contributed by atoms with Gasteiger partial charge in [0.25, 0.3) is 0 Å². The van der Waals surface area contributed by atoms with Gasteiger partial charge in [0.1, 0.15) is 6.21 Å². The van der Waals surface area contributed by atoms with Crippen LogP contribution >= 0.6 is 24.4 Å². The van der Waals surface area contributed by atoms with E-state index in [0.717, 1.165) is 16.0 Å². The number of ketones is 1. The van der Waals surface area contributed by atoms with E-state index < -0.39 is 5.30 Å². The van der Waals surface area contributed by atoms with Gasteiger partial charge in [-0.05, 0) is 36.4 Å². The third-order valence-corrected chi connectivity index (χ3v) is 3.52. The Morgan fingerprint density at radius 2 is 1.62 bits per heavy atom. The molecule has 0 heterocycles. The highest BCUT2D eigenvalue weighted by Gasteiger charge is 2.04. The third kappa shape index (κ3) is 5.09. The Hall–Kier alpha value is -2.05. The van der Waals surface area contributed by atoms with Crippen molar-refractivity contribution in [2.24, 2.45) is 5.16 Å². The van der Waals surface area contributed by atoms with Gasteiger partial charge in [-0.15, -0.1) is 0 Å². The number of oxime groups is 1. The molecule has 0 aliphatic carbocycles. The summed E-state index contributed by atoms with van der Waals surface area (Å²) in [4.78, 5) is 28.5. The van der Waals surface area contributed by atoms with Crippen LogP contribution in [0.5, 0.6) is 0 Å². The van der Waals surface area contributed by atoms with Crippen molar-refractivity contribution in [2.45, 2.75) is 9.79 Å². The van der Waals surface area contributed by atoms with Crippen molar-refractivity contribution in [1.29, 1.82) is 0 Å². The largest absolute Gasteiger partial charge is 0.390 e. The highest BCUT2D eigenvalue weighted by atomic mass is 32.2. The summed E-state index contributed by atoms with van der Waals surface area (Å²) in [5.74, 6) is -0.346. The van der Waals surface area contributed by atoms with E-state index in [9.17, 15) is 9.59 Å². The first kappa shape index (κ1) is 15.3. The molecule has 0 spiro atoms. The average Bonchev–Trinajstić information content (AvgIpc) is 2.48. The number of thiol groups is 1. The summed E-state index contributed by atoms with van der Waals surface area (Å²) in [5.41, 5.74) is 0.464. The maximum absolute atomic E-state index is 11.7. The van der Waals surface area contributed by atoms with E-state index in [1.165, 1.54) is 0 Å². The van der Waals surface area contributed by atoms with Crippen LogP contribution in [0.2, 0.25) is 0 Å². The normalized spacial score (nSPS) is 10.5. The molecule has 0 aliphatic rings. The molecule has 2 rings (SSSR count). The van der Waals surface area contributed by atoms with Crippen molar-refractivity contribution in [2.75, 3.05) is 0 Å². The first-order chi connectivity index (χ1) is 10.1. The van der Waals surface area contributed by atoms with Crippen molar-refractivity contribution in [3.05, 3.63) is 60.2 Å². The Morgan fingerprint density at radius 3 is 2.24 bits per heavy atom. The predicted octanol–water partition coefficient (Wildman–Crippen LogP) is 4.07. The number of nitrogens with zero attached hydrogens (tertiary/aromatic N) is 1. The lowest BCUT2D eigenvalue weighted by Gasteiger charge is -2.02. The predicted molar refractivity (Wildman–Crippen MR) is 85.3 cm³/mol. The Morgan fingerprint density at radius 1 is 1.00 bits per heavy atom. The number of Topliss-reactive ketones (excluding diaryl/α,β-unsaturated/α-hetero) is 1. The van der Waals surface area contributed by atoms with Crippen LogP contribution in [-0.2, 0) is 4.84 Å². The van der Waals surface area contributed by atoms with Gasteiger partial charge in [0.15, 0.2) is 0 Å². The standard InChI is InChI=1S/C15H11NO3S2/c17-14(10-16-19-15(18)20)11-6-8-13(9-7-11)21-12-4-2-1-3-5-12/h1-10H,(H,18,20)/b16-10+.